The van der Waals surface area contributed by atoms with E-state index >= 15 is 0 Å². The monoisotopic (exact) mass is 362 g/mol. The molecule has 25 heavy (non-hydrogen) atoms. The Balaban J connectivity index is 1.85. The van der Waals surface area contributed by atoms with Crippen molar-refractivity contribution < 1.29 is 9.47 Å². The Morgan fingerprint density at radius 1 is 0.920 bits per heavy atom. The van der Waals surface area contributed by atoms with Crippen LogP contribution in [0.15, 0.2) is 30.3 Å². The highest BCUT2D eigenvalue weighted by molar-refractivity contribution is 6.17. The molecule has 0 amide bonds. The van der Waals surface area contributed by atoms with Crippen LogP contribution in [0.4, 0.5) is 0 Å². The van der Waals surface area contributed by atoms with E-state index in [9.17, 15) is 0 Å². The lowest BCUT2D eigenvalue weighted by Gasteiger charge is -2.15. The summed E-state index contributed by atoms with van der Waals surface area (Å²) >= 11 is 5.69. The molecule has 0 aliphatic rings. The zero-order chi connectivity index (χ0) is 18.1. The Bertz CT molecular complexity index is 652. The molecule has 2 rings (SSSR count). The maximum atomic E-state index is 5.92. The van der Waals surface area contributed by atoms with Crippen molar-refractivity contribution in [3.63, 3.8) is 0 Å². The number of rotatable bonds is 11. The van der Waals surface area contributed by atoms with Crippen LogP contribution in [0.1, 0.15) is 57.9 Å². The minimum absolute atomic E-state index is 0.189. The van der Waals surface area contributed by atoms with Gasteiger partial charge in [0, 0.05) is 5.88 Å². The Kier molecular flexibility index (Phi) is 8.40. The van der Waals surface area contributed by atoms with Gasteiger partial charge in [0.1, 0.15) is 11.5 Å². The number of alkyl halides is 1. The van der Waals surface area contributed by atoms with Crippen LogP contribution in [-0.2, 0) is 0 Å². The molecule has 0 heterocycles. The van der Waals surface area contributed by atoms with Crippen LogP contribution in [0.2, 0.25) is 0 Å². The molecule has 0 saturated heterocycles. The van der Waals surface area contributed by atoms with Gasteiger partial charge in [0.25, 0.3) is 0 Å². The van der Waals surface area contributed by atoms with E-state index in [1.54, 1.807) is 0 Å². The molecule has 2 nitrogen and oxygen atoms in total. The standard InChI is InChI=1S/C22H31ClO2/c1-17(2)25-22-13-10-19-16-20(11-12-21(19)18(22)3)24-15-9-7-5-4-6-8-14-23/h10-13,16-17H,4-9,14-15H2,1-3H3. The van der Waals surface area contributed by atoms with Crippen molar-refractivity contribution in [1.29, 1.82) is 0 Å². The van der Waals surface area contributed by atoms with Crippen LogP contribution in [0.3, 0.4) is 0 Å². The first-order chi connectivity index (χ1) is 12.1. The lowest BCUT2D eigenvalue weighted by Crippen LogP contribution is -2.06. The van der Waals surface area contributed by atoms with E-state index in [0.29, 0.717) is 0 Å². The van der Waals surface area contributed by atoms with Crippen molar-refractivity contribution in [2.24, 2.45) is 0 Å². The van der Waals surface area contributed by atoms with Crippen LogP contribution < -0.4 is 9.47 Å². The molecule has 0 aliphatic heterocycles. The highest BCUT2D eigenvalue weighted by Crippen LogP contribution is 2.30. The molecule has 0 fully saturated rings. The summed E-state index contributed by atoms with van der Waals surface area (Å²) in [6.07, 6.45) is 7.46. The molecule has 2 aromatic rings. The van der Waals surface area contributed by atoms with Crippen molar-refractivity contribution in [2.45, 2.75) is 65.4 Å². The van der Waals surface area contributed by atoms with E-state index in [1.165, 1.54) is 42.0 Å². The SMILES string of the molecule is Cc1c(OC(C)C)ccc2cc(OCCCCCCCCCl)ccc12. The Hall–Kier alpha value is -1.41. The summed E-state index contributed by atoms with van der Waals surface area (Å²) in [7, 11) is 0. The maximum Gasteiger partial charge on any atom is 0.123 e. The molecule has 0 aromatic heterocycles. The number of hydrogen-bond donors (Lipinski definition) is 0. The second kappa shape index (κ2) is 10.6. The van der Waals surface area contributed by atoms with E-state index in [-0.39, 0.29) is 6.10 Å². The molecule has 0 radical (unpaired) electrons. The van der Waals surface area contributed by atoms with Crippen LogP contribution >= 0.6 is 11.6 Å². The molecule has 2 aromatic carbocycles. The first-order valence-electron chi connectivity index (χ1n) is 9.50. The van der Waals surface area contributed by atoms with Gasteiger partial charge in [-0.15, -0.1) is 11.6 Å². The van der Waals surface area contributed by atoms with Crippen LogP contribution in [0.25, 0.3) is 10.8 Å². The first kappa shape index (κ1) is 19.9. The van der Waals surface area contributed by atoms with Crippen molar-refractivity contribution in [1.82, 2.24) is 0 Å². The summed E-state index contributed by atoms with van der Waals surface area (Å²) in [5.41, 5.74) is 1.19. The fraction of sp³-hybridized carbons (Fsp3) is 0.545. The Morgan fingerprint density at radius 2 is 1.64 bits per heavy atom. The zero-order valence-corrected chi connectivity index (χ0v) is 16.6. The van der Waals surface area contributed by atoms with Crippen molar-refractivity contribution in [3.8, 4) is 11.5 Å². The minimum atomic E-state index is 0.189. The fourth-order valence-electron chi connectivity index (χ4n) is 3.01. The zero-order valence-electron chi connectivity index (χ0n) is 15.8. The predicted octanol–water partition coefficient (Wildman–Crippen LogP) is 6.89. The third-order valence-corrected chi connectivity index (χ3v) is 4.64. The quantitative estimate of drug-likeness (QED) is 0.320. The van der Waals surface area contributed by atoms with Crippen LogP contribution in [0, 0.1) is 6.92 Å². The average Bonchev–Trinajstić information content (AvgIpc) is 2.59. The van der Waals surface area contributed by atoms with Gasteiger partial charge < -0.3 is 9.47 Å². The third-order valence-electron chi connectivity index (χ3n) is 4.37. The summed E-state index contributed by atoms with van der Waals surface area (Å²) in [6, 6.07) is 10.5. The lowest BCUT2D eigenvalue weighted by molar-refractivity contribution is 0.241. The van der Waals surface area contributed by atoms with Gasteiger partial charge in [0.15, 0.2) is 0 Å². The highest BCUT2D eigenvalue weighted by atomic mass is 35.5. The first-order valence-corrected chi connectivity index (χ1v) is 10.0. The average molecular weight is 363 g/mol. The van der Waals surface area contributed by atoms with Gasteiger partial charge in [-0.1, -0.05) is 37.8 Å². The fourth-order valence-corrected chi connectivity index (χ4v) is 3.20. The molecule has 0 unspecified atom stereocenters. The van der Waals surface area contributed by atoms with Crippen molar-refractivity contribution >= 4 is 22.4 Å². The Labute approximate surface area is 157 Å². The second-order valence-corrected chi connectivity index (χ2v) is 7.27. The van der Waals surface area contributed by atoms with Crippen LogP contribution in [0.5, 0.6) is 11.5 Å². The highest BCUT2D eigenvalue weighted by Gasteiger charge is 2.07. The van der Waals surface area contributed by atoms with Gasteiger partial charge in [-0.25, -0.2) is 0 Å². The molecule has 0 saturated carbocycles. The van der Waals surface area contributed by atoms with Gasteiger partial charge >= 0.3 is 0 Å². The number of benzene rings is 2. The molecular weight excluding hydrogens is 332 g/mol. The summed E-state index contributed by atoms with van der Waals surface area (Å²) in [4.78, 5) is 0. The summed E-state index contributed by atoms with van der Waals surface area (Å²) in [6.45, 7) is 7.01. The number of aryl methyl sites for hydroxylation is 1. The maximum absolute atomic E-state index is 5.92. The summed E-state index contributed by atoms with van der Waals surface area (Å²) in [5.74, 6) is 2.70. The van der Waals surface area contributed by atoms with Crippen molar-refractivity contribution in [2.75, 3.05) is 12.5 Å². The number of hydrogen-bond acceptors (Lipinski definition) is 2. The van der Waals surface area contributed by atoms with Gasteiger partial charge in [-0.05, 0) is 68.1 Å². The number of unbranched alkanes of at least 4 members (excludes halogenated alkanes) is 5. The largest absolute Gasteiger partial charge is 0.494 e. The molecule has 3 heteroatoms. The van der Waals surface area contributed by atoms with Gasteiger partial charge in [0.2, 0.25) is 0 Å². The number of fused-ring (bicyclic) bond motifs is 1. The smallest absolute Gasteiger partial charge is 0.123 e. The number of halogens is 1. The topological polar surface area (TPSA) is 18.5 Å². The van der Waals surface area contributed by atoms with Gasteiger partial charge in [-0.2, -0.15) is 0 Å². The minimum Gasteiger partial charge on any atom is -0.494 e. The third kappa shape index (κ3) is 6.43. The molecule has 0 aliphatic carbocycles. The van der Waals surface area contributed by atoms with E-state index in [4.69, 9.17) is 21.1 Å². The van der Waals surface area contributed by atoms with Gasteiger partial charge in [0.05, 0.1) is 12.7 Å². The summed E-state index contributed by atoms with van der Waals surface area (Å²) in [5, 5.41) is 2.43. The van der Waals surface area contributed by atoms with E-state index in [0.717, 1.165) is 36.8 Å². The van der Waals surface area contributed by atoms with E-state index in [1.807, 2.05) is 0 Å². The van der Waals surface area contributed by atoms with Crippen LogP contribution in [-0.4, -0.2) is 18.6 Å². The Morgan fingerprint density at radius 3 is 2.36 bits per heavy atom. The molecule has 0 spiro atoms. The normalized spacial score (nSPS) is 11.2. The molecule has 0 atom stereocenters. The van der Waals surface area contributed by atoms with E-state index < -0.39 is 0 Å². The predicted molar refractivity (Wildman–Crippen MR) is 108 cm³/mol. The second-order valence-electron chi connectivity index (χ2n) is 6.90. The lowest BCUT2D eigenvalue weighted by atomic mass is 10.0. The molecule has 0 bridgehead atoms. The number of ether oxygens (including phenoxy) is 2. The van der Waals surface area contributed by atoms with E-state index in [2.05, 4.69) is 51.1 Å². The molecule has 0 N–H and O–H groups in total. The van der Waals surface area contributed by atoms with Crippen molar-refractivity contribution in [3.05, 3.63) is 35.9 Å². The summed E-state index contributed by atoms with van der Waals surface area (Å²) < 4.78 is 11.8. The molecule has 138 valence electrons. The van der Waals surface area contributed by atoms with Gasteiger partial charge in [-0.3, -0.25) is 0 Å². The molecular formula is C22H31ClO2.